The summed E-state index contributed by atoms with van der Waals surface area (Å²) < 4.78 is 48.5. The van der Waals surface area contributed by atoms with Crippen molar-refractivity contribution in [3.8, 4) is 0 Å². The molecule has 27 heavy (non-hydrogen) atoms. The van der Waals surface area contributed by atoms with E-state index < -0.39 is 17.7 Å². The van der Waals surface area contributed by atoms with E-state index in [1.807, 2.05) is 0 Å². The fourth-order valence-corrected chi connectivity index (χ4v) is 3.28. The Kier molecular flexibility index (Phi) is 5.13. The number of alkyl halides is 3. The number of halogens is 3. The number of nitrogens with zero attached hydrogens (tertiary/aromatic N) is 1. The van der Waals surface area contributed by atoms with E-state index in [1.54, 1.807) is 12.1 Å². The van der Waals surface area contributed by atoms with Gasteiger partial charge in [-0.25, -0.2) is 9.79 Å². The summed E-state index contributed by atoms with van der Waals surface area (Å²) in [6, 6.07) is 7.63. The molecule has 1 aliphatic rings. The maximum absolute atomic E-state index is 12.9. The van der Waals surface area contributed by atoms with Crippen molar-refractivity contribution >= 4 is 34.5 Å². The van der Waals surface area contributed by atoms with Gasteiger partial charge in [0.25, 0.3) is 0 Å². The van der Waals surface area contributed by atoms with E-state index in [1.165, 1.54) is 24.5 Å². The molecule has 2 heterocycles. The number of rotatable bonds is 3. The van der Waals surface area contributed by atoms with Crippen LogP contribution in [0.3, 0.4) is 0 Å². The SMILES string of the molecule is COC(=O)C1=C(O)C(=Cc2ccco2)SC1=Nc1cccc(C(F)(F)F)c1. The molecule has 0 saturated heterocycles. The first-order valence-electron chi connectivity index (χ1n) is 7.51. The summed E-state index contributed by atoms with van der Waals surface area (Å²) in [5, 5.41) is 10.4. The van der Waals surface area contributed by atoms with Crippen molar-refractivity contribution in [2.45, 2.75) is 6.18 Å². The number of hydrogen-bond acceptors (Lipinski definition) is 6. The number of aliphatic hydroxyl groups excluding tert-OH is 1. The molecule has 5 nitrogen and oxygen atoms in total. The van der Waals surface area contributed by atoms with Crippen LogP contribution in [0.25, 0.3) is 6.08 Å². The Labute approximate surface area is 155 Å². The molecule has 1 aliphatic heterocycles. The van der Waals surface area contributed by atoms with Crippen LogP contribution in [0.4, 0.5) is 18.9 Å². The number of thioether (sulfide) groups is 1. The van der Waals surface area contributed by atoms with Gasteiger partial charge < -0.3 is 14.3 Å². The Bertz CT molecular complexity index is 959. The average molecular weight is 395 g/mol. The van der Waals surface area contributed by atoms with Gasteiger partial charge in [0, 0.05) is 0 Å². The molecule has 0 saturated carbocycles. The summed E-state index contributed by atoms with van der Waals surface area (Å²) in [6.07, 6.45) is -1.60. The van der Waals surface area contributed by atoms with E-state index in [4.69, 9.17) is 4.42 Å². The van der Waals surface area contributed by atoms with Crippen molar-refractivity contribution in [3.05, 3.63) is 70.2 Å². The van der Waals surface area contributed by atoms with Gasteiger partial charge in [-0.3, -0.25) is 0 Å². The Morgan fingerprint density at radius 1 is 1.30 bits per heavy atom. The van der Waals surface area contributed by atoms with Crippen molar-refractivity contribution < 1.29 is 32.2 Å². The summed E-state index contributed by atoms with van der Waals surface area (Å²) in [5.74, 6) is -0.809. The number of carbonyl (C=O) groups excluding carboxylic acids is 1. The summed E-state index contributed by atoms with van der Waals surface area (Å²) in [6.45, 7) is 0. The first-order valence-corrected chi connectivity index (χ1v) is 8.32. The number of aliphatic imine (C=N–C) groups is 1. The summed E-state index contributed by atoms with van der Waals surface area (Å²) in [4.78, 5) is 16.4. The molecule has 0 unspecified atom stereocenters. The van der Waals surface area contributed by atoms with Gasteiger partial charge >= 0.3 is 12.1 Å². The zero-order valence-electron chi connectivity index (χ0n) is 13.8. The molecule has 1 N–H and O–H groups in total. The van der Waals surface area contributed by atoms with Gasteiger partial charge in [-0.1, -0.05) is 17.8 Å². The van der Waals surface area contributed by atoms with Crippen LogP contribution in [0.15, 0.2) is 68.3 Å². The third-order valence-electron chi connectivity index (χ3n) is 3.50. The van der Waals surface area contributed by atoms with Gasteiger partial charge in [0.05, 0.1) is 29.5 Å². The van der Waals surface area contributed by atoms with Gasteiger partial charge in [0.2, 0.25) is 0 Å². The molecule has 140 valence electrons. The van der Waals surface area contributed by atoms with Gasteiger partial charge in [-0.15, -0.1) is 0 Å². The lowest BCUT2D eigenvalue weighted by molar-refractivity contribution is -0.137. The second kappa shape index (κ2) is 7.36. The molecular formula is C18H12F3NO4S. The standard InChI is InChI=1S/C18H12F3NO4S/c1-25-17(24)14-15(23)13(9-12-6-3-7-26-12)27-16(14)22-11-5-2-4-10(8-11)18(19,20)21/h2-9,23H,1H3. The third kappa shape index (κ3) is 4.08. The molecule has 0 radical (unpaired) electrons. The largest absolute Gasteiger partial charge is 0.506 e. The van der Waals surface area contributed by atoms with Crippen LogP contribution in [0.2, 0.25) is 0 Å². The van der Waals surface area contributed by atoms with E-state index in [0.717, 1.165) is 31.0 Å². The highest BCUT2D eigenvalue weighted by Crippen LogP contribution is 2.40. The topological polar surface area (TPSA) is 72.0 Å². The fourth-order valence-electron chi connectivity index (χ4n) is 2.26. The highest BCUT2D eigenvalue weighted by molar-refractivity contribution is 8.18. The van der Waals surface area contributed by atoms with E-state index in [9.17, 15) is 23.1 Å². The number of aliphatic hydroxyl groups is 1. The molecule has 3 rings (SSSR count). The molecule has 0 spiro atoms. The second-order valence-electron chi connectivity index (χ2n) is 5.31. The number of carbonyl (C=O) groups is 1. The first-order chi connectivity index (χ1) is 12.8. The van der Waals surface area contributed by atoms with Crippen molar-refractivity contribution in [2.24, 2.45) is 4.99 Å². The minimum absolute atomic E-state index is 0.0132. The predicted molar refractivity (Wildman–Crippen MR) is 94.5 cm³/mol. The van der Waals surface area contributed by atoms with Crippen molar-refractivity contribution in [2.75, 3.05) is 7.11 Å². The molecular weight excluding hydrogens is 383 g/mol. The highest BCUT2D eigenvalue weighted by Gasteiger charge is 2.34. The minimum atomic E-state index is -4.52. The van der Waals surface area contributed by atoms with Crippen LogP contribution in [-0.4, -0.2) is 23.2 Å². The molecule has 0 aliphatic carbocycles. The van der Waals surface area contributed by atoms with E-state index in [-0.39, 0.29) is 27.0 Å². The van der Waals surface area contributed by atoms with Gasteiger partial charge in [-0.05, 0) is 36.4 Å². The maximum atomic E-state index is 12.9. The maximum Gasteiger partial charge on any atom is 0.416 e. The smallest absolute Gasteiger partial charge is 0.416 e. The number of methoxy groups -OCH3 is 1. The molecule has 0 bridgehead atoms. The first kappa shape index (κ1) is 18.8. The average Bonchev–Trinajstić information content (AvgIpc) is 3.23. The van der Waals surface area contributed by atoms with E-state index in [0.29, 0.717) is 5.76 Å². The Morgan fingerprint density at radius 3 is 2.70 bits per heavy atom. The van der Waals surface area contributed by atoms with Crippen molar-refractivity contribution in [1.82, 2.24) is 0 Å². The monoisotopic (exact) mass is 395 g/mol. The summed E-state index contributed by atoms with van der Waals surface area (Å²) in [7, 11) is 1.13. The molecule has 0 atom stereocenters. The lowest BCUT2D eigenvalue weighted by Gasteiger charge is -2.07. The zero-order chi connectivity index (χ0) is 19.6. The zero-order valence-corrected chi connectivity index (χ0v) is 14.6. The fraction of sp³-hybridized carbons (Fsp3) is 0.111. The van der Waals surface area contributed by atoms with Crippen LogP contribution in [-0.2, 0) is 15.7 Å². The van der Waals surface area contributed by atoms with Crippen LogP contribution >= 0.6 is 11.8 Å². The Hall–Kier alpha value is -2.94. The molecule has 2 aromatic rings. The molecule has 1 aromatic heterocycles. The summed E-state index contributed by atoms with van der Waals surface area (Å²) in [5.41, 5.74) is -1.11. The lowest BCUT2D eigenvalue weighted by atomic mass is 10.2. The number of benzene rings is 1. The molecule has 0 amide bonds. The van der Waals surface area contributed by atoms with Gasteiger partial charge in [0.1, 0.15) is 22.1 Å². The van der Waals surface area contributed by atoms with Crippen LogP contribution in [0.5, 0.6) is 0 Å². The van der Waals surface area contributed by atoms with Gasteiger partial charge in [0.15, 0.2) is 0 Å². The Morgan fingerprint density at radius 2 is 2.07 bits per heavy atom. The second-order valence-corrected chi connectivity index (χ2v) is 6.34. The number of ether oxygens (including phenoxy) is 1. The molecule has 1 aromatic carbocycles. The Balaban J connectivity index is 2.04. The van der Waals surface area contributed by atoms with Crippen LogP contribution < -0.4 is 0 Å². The quantitative estimate of drug-likeness (QED) is 0.732. The molecule has 0 fully saturated rings. The summed E-state index contributed by atoms with van der Waals surface area (Å²) >= 11 is 0.922. The third-order valence-corrected chi connectivity index (χ3v) is 4.52. The normalized spacial score (nSPS) is 17.8. The highest BCUT2D eigenvalue weighted by atomic mass is 32.2. The van der Waals surface area contributed by atoms with E-state index in [2.05, 4.69) is 9.73 Å². The lowest BCUT2D eigenvalue weighted by Crippen LogP contribution is -2.10. The van der Waals surface area contributed by atoms with Crippen LogP contribution in [0.1, 0.15) is 11.3 Å². The van der Waals surface area contributed by atoms with Crippen LogP contribution in [0, 0.1) is 0 Å². The number of furan rings is 1. The number of hydrogen-bond donors (Lipinski definition) is 1. The van der Waals surface area contributed by atoms with Crippen molar-refractivity contribution in [1.29, 1.82) is 0 Å². The predicted octanol–water partition coefficient (Wildman–Crippen LogP) is 5.10. The van der Waals surface area contributed by atoms with Crippen molar-refractivity contribution in [3.63, 3.8) is 0 Å². The van der Waals surface area contributed by atoms with Gasteiger partial charge in [-0.2, -0.15) is 13.2 Å². The van der Waals surface area contributed by atoms with E-state index >= 15 is 0 Å². The number of esters is 1. The molecule has 9 heteroatoms. The minimum Gasteiger partial charge on any atom is -0.506 e.